The summed E-state index contributed by atoms with van der Waals surface area (Å²) in [5.74, 6) is 0.698. The molecular formula is C44H50ClN7O5. The molecule has 0 radical (unpaired) electrons. The Labute approximate surface area is 337 Å². The highest BCUT2D eigenvalue weighted by molar-refractivity contribution is 6.31. The Balaban J connectivity index is 1.00. The van der Waals surface area contributed by atoms with E-state index >= 15 is 0 Å². The van der Waals surface area contributed by atoms with Crippen molar-refractivity contribution < 1.29 is 24.2 Å². The van der Waals surface area contributed by atoms with E-state index in [-0.39, 0.29) is 17.5 Å². The number of ether oxygens (including phenoxy) is 2. The number of hydrogen-bond acceptors (Lipinski definition) is 9. The van der Waals surface area contributed by atoms with E-state index in [1.165, 1.54) is 0 Å². The zero-order valence-corrected chi connectivity index (χ0v) is 33.8. The van der Waals surface area contributed by atoms with Crippen LogP contribution in [0.15, 0.2) is 60.9 Å². The third-order valence-corrected chi connectivity index (χ3v) is 13.4. The number of amides is 1. The molecule has 9 rings (SSSR count). The zero-order chi connectivity index (χ0) is 39.9. The number of nitrogens with zero attached hydrogens (tertiary/aromatic N) is 5. The molecule has 2 aromatic heterocycles. The molecule has 4 aliphatic rings. The van der Waals surface area contributed by atoms with Crippen LogP contribution in [0, 0.1) is 12.3 Å². The highest BCUT2D eigenvalue weighted by Crippen LogP contribution is 2.55. The standard InChI is InChI=1S/C44H50ClN7O5/c1-27-31(7-5-8-32(27)36-24-47-37(41(50-36)57-4)23-46-21-30-11-12-40(53)49-30)33-9-6-10-38-34(33)22-48-52(38)26-28-20-39(56-3)29(19-35(28)45)25-51(2)44-16-13-43(14-17-44,15-18-44)42(54)55/h5-10,19-20,22,24,30,46H,11-18,21,23,25-26H2,1-4H3,(H,49,53)(H,54,55)/t30-,43?,44?/m0/s1. The van der Waals surface area contributed by atoms with Crippen molar-refractivity contribution in [1.29, 1.82) is 0 Å². The van der Waals surface area contributed by atoms with Crippen LogP contribution in [-0.4, -0.2) is 81.0 Å². The van der Waals surface area contributed by atoms with Crippen LogP contribution in [0.3, 0.4) is 0 Å². The third-order valence-electron chi connectivity index (χ3n) is 13.0. The number of rotatable bonds is 14. The first-order valence-corrected chi connectivity index (χ1v) is 20.2. The lowest BCUT2D eigenvalue weighted by Gasteiger charge is -2.55. The maximum Gasteiger partial charge on any atom is 0.309 e. The lowest BCUT2D eigenvalue weighted by atomic mass is 9.57. The number of aromatic nitrogens is 4. The minimum atomic E-state index is -0.638. The highest BCUT2D eigenvalue weighted by Gasteiger charge is 2.54. The number of fused-ring (bicyclic) bond motifs is 4. The lowest BCUT2D eigenvalue weighted by molar-refractivity contribution is -0.160. The van der Waals surface area contributed by atoms with Gasteiger partial charge in [-0.2, -0.15) is 5.10 Å². The Hall–Kier alpha value is -5.04. The van der Waals surface area contributed by atoms with Crippen molar-refractivity contribution in [3.05, 3.63) is 88.3 Å². The number of methoxy groups -OCH3 is 2. The van der Waals surface area contributed by atoms with Crippen molar-refractivity contribution in [2.75, 3.05) is 27.8 Å². The molecule has 1 saturated heterocycles. The molecule has 3 heterocycles. The smallest absolute Gasteiger partial charge is 0.309 e. The highest BCUT2D eigenvalue weighted by atomic mass is 35.5. The van der Waals surface area contributed by atoms with Crippen molar-refractivity contribution in [3.63, 3.8) is 0 Å². The average molecular weight is 792 g/mol. The molecule has 3 N–H and O–H groups in total. The van der Waals surface area contributed by atoms with Gasteiger partial charge in [-0.1, -0.05) is 41.9 Å². The molecule has 0 unspecified atom stereocenters. The van der Waals surface area contributed by atoms with Gasteiger partial charge in [-0.05, 0) is 99.4 Å². The van der Waals surface area contributed by atoms with E-state index in [1.54, 1.807) is 20.4 Å². The van der Waals surface area contributed by atoms with Gasteiger partial charge in [-0.15, -0.1) is 0 Å². The topological polar surface area (TPSA) is 144 Å². The SMILES string of the molecule is COc1cc(Cn2ncc3c(-c4cccc(-c5cnc(CNC[C@@H]6CCC(=O)N6)c(OC)n5)c4C)cccc32)c(Cl)cc1CN(C)C12CCC(C(=O)O)(CC1)CC2. The van der Waals surface area contributed by atoms with Crippen molar-refractivity contribution in [2.45, 2.75) is 89.5 Å². The van der Waals surface area contributed by atoms with Crippen LogP contribution in [0.2, 0.25) is 5.02 Å². The molecule has 0 spiro atoms. The largest absolute Gasteiger partial charge is 0.496 e. The zero-order valence-electron chi connectivity index (χ0n) is 33.0. The summed E-state index contributed by atoms with van der Waals surface area (Å²) in [7, 11) is 5.44. The second kappa shape index (κ2) is 15.7. The molecule has 3 aromatic carbocycles. The summed E-state index contributed by atoms with van der Waals surface area (Å²) in [5, 5.41) is 22.7. The quantitative estimate of drug-likeness (QED) is 0.106. The molecule has 12 nitrogen and oxygen atoms in total. The molecule has 1 atom stereocenters. The van der Waals surface area contributed by atoms with Crippen molar-refractivity contribution in [2.24, 2.45) is 5.41 Å². The predicted molar refractivity (Wildman–Crippen MR) is 219 cm³/mol. The Bertz CT molecular complexity index is 2320. The summed E-state index contributed by atoms with van der Waals surface area (Å²) in [5.41, 5.74) is 7.93. The van der Waals surface area contributed by atoms with Crippen LogP contribution >= 0.6 is 11.6 Å². The Morgan fingerprint density at radius 1 is 1.02 bits per heavy atom. The van der Waals surface area contributed by atoms with Gasteiger partial charge in [-0.3, -0.25) is 24.2 Å². The van der Waals surface area contributed by atoms with Crippen LogP contribution in [0.4, 0.5) is 0 Å². The van der Waals surface area contributed by atoms with Crippen LogP contribution in [0.5, 0.6) is 11.6 Å². The summed E-state index contributed by atoms with van der Waals surface area (Å²) in [4.78, 5) is 35.6. The van der Waals surface area contributed by atoms with Gasteiger partial charge in [0.15, 0.2) is 0 Å². The predicted octanol–water partition coefficient (Wildman–Crippen LogP) is 7.17. The summed E-state index contributed by atoms with van der Waals surface area (Å²) in [6, 6.07) is 16.6. The van der Waals surface area contributed by atoms with Crippen molar-refractivity contribution in [3.8, 4) is 34.0 Å². The van der Waals surface area contributed by atoms with Gasteiger partial charge in [0.1, 0.15) is 11.4 Å². The van der Waals surface area contributed by atoms with E-state index < -0.39 is 11.4 Å². The number of carbonyl (C=O) groups excluding carboxylic acids is 1. The number of benzene rings is 3. The van der Waals surface area contributed by atoms with E-state index in [0.29, 0.717) is 49.2 Å². The molecule has 298 valence electrons. The maximum absolute atomic E-state index is 12.0. The van der Waals surface area contributed by atoms with E-state index in [0.717, 1.165) is 101 Å². The van der Waals surface area contributed by atoms with Crippen LogP contribution in [0.25, 0.3) is 33.3 Å². The summed E-state index contributed by atoms with van der Waals surface area (Å²) < 4.78 is 13.6. The molecule has 57 heavy (non-hydrogen) atoms. The second-order valence-electron chi connectivity index (χ2n) is 16.1. The fourth-order valence-electron chi connectivity index (χ4n) is 9.39. The molecule has 13 heteroatoms. The van der Waals surface area contributed by atoms with Crippen molar-refractivity contribution >= 4 is 34.4 Å². The summed E-state index contributed by atoms with van der Waals surface area (Å²) in [6.45, 7) is 4.37. The molecule has 5 aromatic rings. The van der Waals surface area contributed by atoms with Crippen LogP contribution < -0.4 is 20.1 Å². The Morgan fingerprint density at radius 2 is 1.75 bits per heavy atom. The number of hydrogen-bond donors (Lipinski definition) is 3. The van der Waals surface area contributed by atoms with Gasteiger partial charge in [0.25, 0.3) is 0 Å². The van der Waals surface area contributed by atoms with Gasteiger partial charge in [0.05, 0.1) is 49.8 Å². The minimum Gasteiger partial charge on any atom is -0.496 e. The van der Waals surface area contributed by atoms with E-state index in [2.05, 4.69) is 59.8 Å². The van der Waals surface area contributed by atoms with E-state index in [4.69, 9.17) is 36.1 Å². The number of carbonyl (C=O) groups is 2. The lowest BCUT2D eigenvalue weighted by Crippen LogP contribution is -2.56. The molecular weight excluding hydrogens is 742 g/mol. The fraction of sp³-hybridized carbons (Fsp3) is 0.432. The third kappa shape index (κ3) is 7.35. The number of carboxylic acid groups (broad SMARTS) is 1. The number of carboxylic acids is 1. The van der Waals surface area contributed by atoms with Gasteiger partial charge in [-0.25, -0.2) is 4.98 Å². The Kier molecular flexibility index (Phi) is 10.7. The van der Waals surface area contributed by atoms with E-state index in [1.807, 2.05) is 29.1 Å². The molecule has 3 saturated carbocycles. The number of halogens is 1. The average Bonchev–Trinajstić information content (AvgIpc) is 3.85. The van der Waals surface area contributed by atoms with Gasteiger partial charge in [0, 0.05) is 59.2 Å². The fourth-order valence-corrected chi connectivity index (χ4v) is 9.64. The second-order valence-corrected chi connectivity index (χ2v) is 16.5. The van der Waals surface area contributed by atoms with Gasteiger partial charge >= 0.3 is 5.97 Å². The normalized spacial score (nSPS) is 21.6. The van der Waals surface area contributed by atoms with Crippen LogP contribution in [-0.2, 0) is 29.2 Å². The number of aliphatic carboxylic acids is 1. The number of nitrogens with one attached hydrogen (secondary N) is 2. The first-order chi connectivity index (χ1) is 27.5. The molecule has 4 fully saturated rings. The monoisotopic (exact) mass is 791 g/mol. The molecule has 2 bridgehead atoms. The molecule has 1 amide bonds. The maximum atomic E-state index is 12.0. The van der Waals surface area contributed by atoms with E-state index in [9.17, 15) is 14.7 Å². The first kappa shape index (κ1) is 38.8. The Morgan fingerprint density at radius 3 is 2.46 bits per heavy atom. The first-order valence-electron chi connectivity index (χ1n) is 19.8. The van der Waals surface area contributed by atoms with Crippen LogP contribution in [0.1, 0.15) is 73.8 Å². The summed E-state index contributed by atoms with van der Waals surface area (Å²) >= 11 is 7.02. The summed E-state index contributed by atoms with van der Waals surface area (Å²) in [6.07, 6.45) is 9.97. The van der Waals surface area contributed by atoms with Gasteiger partial charge in [0.2, 0.25) is 11.8 Å². The van der Waals surface area contributed by atoms with Crippen molar-refractivity contribution in [1.82, 2.24) is 35.3 Å². The molecule has 1 aliphatic heterocycles. The van der Waals surface area contributed by atoms with Gasteiger partial charge < -0.3 is 25.2 Å². The molecule has 3 aliphatic carbocycles. The minimum absolute atomic E-state index is 0.00321.